The minimum Gasteiger partial charge on any atom is -0.314 e. The van der Waals surface area contributed by atoms with Crippen LogP contribution >= 0.6 is 0 Å². The number of fused-ring (bicyclic) bond motifs is 2. The van der Waals surface area contributed by atoms with Crippen molar-refractivity contribution in [2.24, 2.45) is 5.92 Å². The van der Waals surface area contributed by atoms with Crippen LogP contribution in [0.15, 0.2) is 0 Å². The van der Waals surface area contributed by atoms with E-state index in [1.165, 1.54) is 32.2 Å². The molecule has 1 nitrogen and oxygen atoms in total. The van der Waals surface area contributed by atoms with Gasteiger partial charge >= 0.3 is 0 Å². The van der Waals surface area contributed by atoms with Crippen molar-refractivity contribution in [1.82, 2.24) is 5.32 Å². The van der Waals surface area contributed by atoms with Crippen molar-refractivity contribution < 1.29 is 0 Å². The number of hydrogen-bond donors (Lipinski definition) is 1. The number of hydrogen-bond acceptors (Lipinski definition) is 1. The maximum absolute atomic E-state index is 3.52. The zero-order valence-corrected chi connectivity index (χ0v) is 7.19. The van der Waals surface area contributed by atoms with Gasteiger partial charge in [0.1, 0.15) is 0 Å². The van der Waals surface area contributed by atoms with E-state index in [-0.39, 0.29) is 0 Å². The van der Waals surface area contributed by atoms with Crippen LogP contribution in [0.5, 0.6) is 0 Å². The first-order valence-electron chi connectivity index (χ1n) is 4.68. The number of nitrogens with one attached hydrogen (secondary N) is 1. The fourth-order valence-electron chi connectivity index (χ4n) is 2.00. The van der Waals surface area contributed by atoms with E-state index in [0.717, 1.165) is 12.0 Å². The van der Waals surface area contributed by atoms with E-state index in [2.05, 4.69) is 5.32 Å². The molecule has 1 saturated carbocycles. The Bertz CT molecular complexity index is 76.7. The highest BCUT2D eigenvalue weighted by molar-refractivity contribution is 4.85. The highest BCUT2D eigenvalue weighted by Gasteiger charge is 2.27. The quantitative estimate of drug-likeness (QED) is 0.545. The van der Waals surface area contributed by atoms with Crippen molar-refractivity contribution >= 4 is 0 Å². The van der Waals surface area contributed by atoms with E-state index in [1.54, 1.807) is 0 Å². The summed E-state index contributed by atoms with van der Waals surface area (Å²) in [4.78, 5) is 0. The van der Waals surface area contributed by atoms with Gasteiger partial charge in [0, 0.05) is 6.04 Å². The summed E-state index contributed by atoms with van der Waals surface area (Å²) in [6.07, 6.45) is 5.88. The van der Waals surface area contributed by atoms with Crippen LogP contribution in [0.2, 0.25) is 0 Å². The lowest BCUT2D eigenvalue weighted by molar-refractivity contribution is 0.410. The highest BCUT2D eigenvalue weighted by Crippen LogP contribution is 2.28. The Morgan fingerprint density at radius 2 is 2.00 bits per heavy atom. The fourth-order valence-corrected chi connectivity index (χ4v) is 2.00. The molecule has 1 N–H and O–H groups in total. The molecule has 0 aromatic carbocycles. The first-order valence-corrected chi connectivity index (χ1v) is 4.68. The van der Waals surface area contributed by atoms with Crippen molar-refractivity contribution in [3.63, 3.8) is 0 Å². The van der Waals surface area contributed by atoms with Gasteiger partial charge < -0.3 is 5.32 Å². The van der Waals surface area contributed by atoms with E-state index in [1.807, 2.05) is 13.8 Å². The Kier molecular flexibility index (Phi) is 3.20. The van der Waals surface area contributed by atoms with Gasteiger partial charge in [0.05, 0.1) is 0 Å². The van der Waals surface area contributed by atoms with Crippen molar-refractivity contribution in [2.45, 2.75) is 45.6 Å². The summed E-state index contributed by atoms with van der Waals surface area (Å²) in [5.74, 6) is 1.05. The largest absolute Gasteiger partial charge is 0.314 e. The molecule has 1 heterocycles. The molecule has 2 aliphatic rings. The van der Waals surface area contributed by atoms with E-state index in [0.29, 0.717) is 0 Å². The lowest BCUT2D eigenvalue weighted by Crippen LogP contribution is -2.20. The zero-order valence-electron chi connectivity index (χ0n) is 7.19. The third kappa shape index (κ3) is 1.72. The topological polar surface area (TPSA) is 12.0 Å². The van der Waals surface area contributed by atoms with Crippen LogP contribution in [0.3, 0.4) is 0 Å². The Morgan fingerprint density at radius 3 is 2.60 bits per heavy atom. The monoisotopic (exact) mass is 141 g/mol. The van der Waals surface area contributed by atoms with Crippen LogP contribution in [-0.2, 0) is 0 Å². The molecule has 0 aromatic heterocycles. The molecule has 0 amide bonds. The normalized spacial score (nSPS) is 36.6. The maximum atomic E-state index is 3.52. The third-order valence-electron chi connectivity index (χ3n) is 2.48. The third-order valence-corrected chi connectivity index (χ3v) is 2.48. The van der Waals surface area contributed by atoms with Crippen LogP contribution < -0.4 is 5.32 Å². The van der Waals surface area contributed by atoms with Crippen molar-refractivity contribution in [3.8, 4) is 0 Å². The molecule has 1 aliphatic carbocycles. The second kappa shape index (κ2) is 3.97. The predicted octanol–water partition coefficient (Wildman–Crippen LogP) is 2.17. The van der Waals surface area contributed by atoms with Crippen molar-refractivity contribution in [3.05, 3.63) is 0 Å². The maximum Gasteiger partial charge on any atom is 0.00702 e. The highest BCUT2D eigenvalue weighted by atomic mass is 15.0. The second-order valence-corrected chi connectivity index (χ2v) is 3.14. The van der Waals surface area contributed by atoms with Crippen LogP contribution in [0.4, 0.5) is 0 Å². The van der Waals surface area contributed by atoms with Crippen molar-refractivity contribution in [2.75, 3.05) is 6.54 Å². The van der Waals surface area contributed by atoms with E-state index < -0.39 is 0 Å². The van der Waals surface area contributed by atoms with Gasteiger partial charge in [-0.1, -0.05) is 20.3 Å². The van der Waals surface area contributed by atoms with Crippen LogP contribution in [0.25, 0.3) is 0 Å². The smallest absolute Gasteiger partial charge is 0.00702 e. The minimum absolute atomic E-state index is 0.911. The summed E-state index contributed by atoms with van der Waals surface area (Å²) in [5.41, 5.74) is 0. The molecule has 2 bridgehead atoms. The first-order chi connectivity index (χ1) is 4.95. The van der Waals surface area contributed by atoms with Crippen LogP contribution in [0.1, 0.15) is 39.5 Å². The summed E-state index contributed by atoms with van der Waals surface area (Å²) in [7, 11) is 0. The molecule has 10 heavy (non-hydrogen) atoms. The summed E-state index contributed by atoms with van der Waals surface area (Å²) in [6.45, 7) is 5.31. The molecule has 0 aromatic rings. The molecular formula is C9H19N. The molecule has 0 radical (unpaired) electrons. The molecule has 60 valence electrons. The summed E-state index contributed by atoms with van der Waals surface area (Å²) >= 11 is 0. The molecule has 1 saturated heterocycles. The molecule has 2 unspecified atom stereocenters. The van der Waals surface area contributed by atoms with Crippen LogP contribution in [-0.4, -0.2) is 12.6 Å². The average Bonchev–Trinajstić information content (AvgIpc) is 2.35. The molecule has 2 fully saturated rings. The van der Waals surface area contributed by atoms with E-state index in [9.17, 15) is 0 Å². The SMILES string of the molecule is C1CC2CNC(C1)C2.CC. The summed E-state index contributed by atoms with van der Waals surface area (Å²) in [5, 5.41) is 3.52. The van der Waals surface area contributed by atoms with Gasteiger partial charge in [0.2, 0.25) is 0 Å². The van der Waals surface area contributed by atoms with Gasteiger partial charge in [-0.15, -0.1) is 0 Å². The van der Waals surface area contributed by atoms with Crippen molar-refractivity contribution in [1.29, 1.82) is 0 Å². The summed E-state index contributed by atoms with van der Waals surface area (Å²) < 4.78 is 0. The molecule has 2 rings (SSSR count). The summed E-state index contributed by atoms with van der Waals surface area (Å²) in [6, 6.07) is 0.911. The van der Waals surface area contributed by atoms with E-state index >= 15 is 0 Å². The van der Waals surface area contributed by atoms with E-state index in [4.69, 9.17) is 0 Å². The lowest BCUT2D eigenvalue weighted by Gasteiger charge is -2.15. The van der Waals surface area contributed by atoms with Gasteiger partial charge in [-0.2, -0.15) is 0 Å². The molecule has 2 atom stereocenters. The average molecular weight is 141 g/mol. The Labute approximate surface area is 64.2 Å². The molecular weight excluding hydrogens is 122 g/mol. The van der Waals surface area contributed by atoms with Gasteiger partial charge in [-0.3, -0.25) is 0 Å². The first kappa shape index (κ1) is 8.06. The Hall–Kier alpha value is -0.0400. The standard InChI is InChI=1S/C7H13N.C2H6/c1-2-6-4-7(3-1)8-5-6;1-2/h6-8H,1-5H2;1-2H3. The fraction of sp³-hybridized carbons (Fsp3) is 1.00. The number of rotatable bonds is 0. The zero-order chi connectivity index (χ0) is 7.40. The Morgan fingerprint density at radius 1 is 1.20 bits per heavy atom. The molecule has 0 spiro atoms. The molecule has 1 aliphatic heterocycles. The Balaban J connectivity index is 0.000000231. The minimum atomic E-state index is 0.911. The lowest BCUT2D eigenvalue weighted by atomic mass is 9.91. The van der Waals surface area contributed by atoms with Gasteiger partial charge in [0.25, 0.3) is 0 Å². The second-order valence-electron chi connectivity index (χ2n) is 3.14. The predicted molar refractivity (Wildman–Crippen MR) is 45.1 cm³/mol. The van der Waals surface area contributed by atoms with Gasteiger partial charge in [-0.05, 0) is 31.7 Å². The van der Waals surface area contributed by atoms with Crippen LogP contribution in [0, 0.1) is 5.92 Å². The molecule has 1 heteroatoms. The van der Waals surface area contributed by atoms with Gasteiger partial charge in [0.15, 0.2) is 0 Å². The van der Waals surface area contributed by atoms with Gasteiger partial charge in [-0.25, -0.2) is 0 Å².